The van der Waals surface area contributed by atoms with Crippen molar-refractivity contribution in [1.82, 2.24) is 9.55 Å². The first-order chi connectivity index (χ1) is 9.78. The molecule has 0 radical (unpaired) electrons. The van der Waals surface area contributed by atoms with Gasteiger partial charge in [-0.2, -0.15) is 5.26 Å². The van der Waals surface area contributed by atoms with Crippen LogP contribution in [0.4, 0.5) is 0 Å². The molecular weight excluding hydrogens is 246 g/mol. The van der Waals surface area contributed by atoms with Crippen LogP contribution in [-0.4, -0.2) is 9.55 Å². The summed E-state index contributed by atoms with van der Waals surface area (Å²) in [5.74, 6) is 0.975. The van der Waals surface area contributed by atoms with Gasteiger partial charge in [0.05, 0.1) is 17.1 Å². The first kappa shape index (κ1) is 11.0. The van der Waals surface area contributed by atoms with E-state index >= 15 is 0 Å². The maximum atomic E-state index is 9.04. The summed E-state index contributed by atoms with van der Waals surface area (Å²) in [4.78, 5) is 4.71. The lowest BCUT2D eigenvalue weighted by Crippen LogP contribution is -1.99. The van der Waals surface area contributed by atoms with Gasteiger partial charge in [0.2, 0.25) is 0 Å². The number of hydrogen-bond donors (Lipinski definition) is 0. The second-order valence-corrected chi connectivity index (χ2v) is 4.95. The SMILES string of the molecule is Cn1c2nc3ccccc3c-2cc2cc(C#N)ccc21. The second-order valence-electron chi connectivity index (χ2n) is 4.95. The smallest absolute Gasteiger partial charge is 0.141 e. The van der Waals surface area contributed by atoms with Gasteiger partial charge in [0.1, 0.15) is 5.82 Å². The molecule has 0 atom stereocenters. The molecule has 2 aliphatic rings. The van der Waals surface area contributed by atoms with Crippen LogP contribution in [0, 0.1) is 11.3 Å². The van der Waals surface area contributed by atoms with E-state index in [0.717, 1.165) is 33.2 Å². The van der Waals surface area contributed by atoms with Gasteiger partial charge in [-0.3, -0.25) is 0 Å². The Hall–Kier alpha value is -2.86. The second kappa shape index (κ2) is 3.82. The Balaban J connectivity index is 2.23. The molecule has 0 unspecified atom stereocenters. The van der Waals surface area contributed by atoms with E-state index in [1.54, 1.807) is 0 Å². The van der Waals surface area contributed by atoms with Gasteiger partial charge < -0.3 is 4.57 Å². The van der Waals surface area contributed by atoms with Crippen LogP contribution in [0.5, 0.6) is 0 Å². The Morgan fingerprint density at radius 1 is 1.10 bits per heavy atom. The molecule has 2 aromatic carbocycles. The van der Waals surface area contributed by atoms with Crippen molar-refractivity contribution >= 4 is 21.8 Å². The van der Waals surface area contributed by atoms with E-state index in [2.05, 4.69) is 22.8 Å². The van der Waals surface area contributed by atoms with E-state index < -0.39 is 0 Å². The van der Waals surface area contributed by atoms with Crippen LogP contribution in [-0.2, 0) is 7.05 Å². The predicted octanol–water partition coefficient (Wildman–Crippen LogP) is 3.70. The van der Waals surface area contributed by atoms with Gasteiger partial charge in [-0.25, -0.2) is 4.98 Å². The van der Waals surface area contributed by atoms with E-state index in [1.807, 2.05) is 43.4 Å². The van der Waals surface area contributed by atoms with Gasteiger partial charge in [-0.05, 0) is 30.3 Å². The third-order valence-corrected chi connectivity index (χ3v) is 3.80. The molecule has 0 amide bonds. The summed E-state index contributed by atoms with van der Waals surface area (Å²) in [7, 11) is 2.02. The zero-order valence-corrected chi connectivity index (χ0v) is 11.0. The number of pyridine rings is 1. The fourth-order valence-corrected chi connectivity index (χ4v) is 2.81. The van der Waals surface area contributed by atoms with Crippen LogP contribution in [0.2, 0.25) is 0 Å². The van der Waals surface area contributed by atoms with Crippen molar-refractivity contribution in [2.24, 2.45) is 7.05 Å². The van der Waals surface area contributed by atoms with E-state index in [4.69, 9.17) is 10.2 Å². The summed E-state index contributed by atoms with van der Waals surface area (Å²) >= 11 is 0. The van der Waals surface area contributed by atoms with Crippen LogP contribution in [0.1, 0.15) is 5.56 Å². The zero-order valence-electron chi connectivity index (χ0n) is 11.0. The summed E-state index contributed by atoms with van der Waals surface area (Å²) in [5.41, 5.74) is 3.90. The lowest BCUT2D eigenvalue weighted by molar-refractivity contribution is 0.939. The van der Waals surface area contributed by atoms with Crippen molar-refractivity contribution in [3.05, 3.63) is 54.1 Å². The van der Waals surface area contributed by atoms with Gasteiger partial charge in [-0.1, -0.05) is 18.2 Å². The summed E-state index contributed by atoms with van der Waals surface area (Å²) in [6.07, 6.45) is 0. The number of para-hydroxylation sites is 1. The van der Waals surface area contributed by atoms with Gasteiger partial charge >= 0.3 is 0 Å². The number of benzene rings is 2. The van der Waals surface area contributed by atoms with Gasteiger partial charge in [0.25, 0.3) is 0 Å². The minimum Gasteiger partial charge on any atom is -0.328 e. The van der Waals surface area contributed by atoms with Gasteiger partial charge in [0.15, 0.2) is 0 Å². The van der Waals surface area contributed by atoms with Crippen LogP contribution >= 0.6 is 0 Å². The molecule has 0 fully saturated rings. The van der Waals surface area contributed by atoms with Crippen LogP contribution in [0.15, 0.2) is 48.5 Å². The van der Waals surface area contributed by atoms with Crippen molar-refractivity contribution in [3.8, 4) is 17.5 Å². The molecule has 0 aliphatic carbocycles. The summed E-state index contributed by atoms with van der Waals surface area (Å²) in [6, 6.07) is 18.2. The van der Waals surface area contributed by atoms with Gasteiger partial charge in [-0.15, -0.1) is 0 Å². The molecule has 2 aliphatic heterocycles. The molecule has 2 aromatic rings. The van der Waals surface area contributed by atoms with E-state index in [1.165, 1.54) is 0 Å². The van der Waals surface area contributed by atoms with Crippen LogP contribution in [0.25, 0.3) is 33.2 Å². The maximum Gasteiger partial charge on any atom is 0.141 e. The molecule has 0 spiro atoms. The number of fused-ring (bicyclic) bond motifs is 4. The predicted molar refractivity (Wildman–Crippen MR) is 79.6 cm³/mol. The lowest BCUT2D eigenvalue weighted by atomic mass is 10.1. The molecule has 0 saturated carbocycles. The molecule has 94 valence electrons. The van der Waals surface area contributed by atoms with E-state index in [-0.39, 0.29) is 0 Å². The third kappa shape index (κ3) is 1.36. The molecule has 0 saturated heterocycles. The minimum absolute atomic E-state index is 0.681. The fraction of sp³-hybridized carbons (Fsp3) is 0.0588. The number of nitriles is 1. The topological polar surface area (TPSA) is 41.6 Å². The third-order valence-electron chi connectivity index (χ3n) is 3.80. The average Bonchev–Trinajstić information content (AvgIpc) is 2.86. The molecule has 3 nitrogen and oxygen atoms in total. The van der Waals surface area contributed by atoms with Crippen molar-refractivity contribution in [2.45, 2.75) is 0 Å². The highest BCUT2D eigenvalue weighted by molar-refractivity contribution is 6.00. The number of nitrogens with zero attached hydrogens (tertiary/aromatic N) is 3. The number of aromatic nitrogens is 2. The summed E-state index contributed by atoms with van der Waals surface area (Å²) in [5, 5.41) is 11.3. The Morgan fingerprint density at radius 3 is 2.80 bits per heavy atom. The lowest BCUT2D eigenvalue weighted by Gasteiger charge is -2.11. The number of rotatable bonds is 0. The standard InChI is InChI=1S/C17H11N3/c1-20-16-7-6-11(10-18)8-12(16)9-14-13-4-2-3-5-15(13)19-17(14)20/h2-9H,1H3. The van der Waals surface area contributed by atoms with E-state index in [9.17, 15) is 0 Å². The normalized spacial score (nSPS) is 11.2. The zero-order chi connectivity index (χ0) is 13.7. The highest BCUT2D eigenvalue weighted by atomic mass is 15.0. The molecule has 4 rings (SSSR count). The number of hydrogen-bond acceptors (Lipinski definition) is 2. The molecule has 0 aromatic heterocycles. The molecular formula is C17H11N3. The first-order valence-electron chi connectivity index (χ1n) is 6.46. The Kier molecular flexibility index (Phi) is 2.10. The summed E-state index contributed by atoms with van der Waals surface area (Å²) in [6.45, 7) is 0. The van der Waals surface area contributed by atoms with Crippen molar-refractivity contribution in [1.29, 1.82) is 5.26 Å². The van der Waals surface area contributed by atoms with Crippen molar-refractivity contribution < 1.29 is 0 Å². The highest BCUT2D eigenvalue weighted by Gasteiger charge is 2.15. The largest absolute Gasteiger partial charge is 0.328 e. The number of aryl methyl sites for hydroxylation is 1. The molecule has 20 heavy (non-hydrogen) atoms. The van der Waals surface area contributed by atoms with Gasteiger partial charge in [0, 0.05) is 28.9 Å². The quantitative estimate of drug-likeness (QED) is 0.482. The average molecular weight is 257 g/mol. The highest BCUT2D eigenvalue weighted by Crippen LogP contribution is 2.34. The maximum absolute atomic E-state index is 9.04. The van der Waals surface area contributed by atoms with E-state index in [0.29, 0.717) is 5.56 Å². The molecule has 0 N–H and O–H groups in total. The Labute approximate surface area is 116 Å². The van der Waals surface area contributed by atoms with Crippen molar-refractivity contribution in [2.75, 3.05) is 0 Å². The molecule has 3 heteroatoms. The van der Waals surface area contributed by atoms with Crippen LogP contribution in [0.3, 0.4) is 0 Å². The van der Waals surface area contributed by atoms with Crippen LogP contribution < -0.4 is 0 Å². The summed E-state index contributed by atoms with van der Waals surface area (Å²) < 4.78 is 2.09. The molecule has 2 heterocycles. The molecule has 0 bridgehead atoms. The Morgan fingerprint density at radius 2 is 1.95 bits per heavy atom. The first-order valence-corrected chi connectivity index (χ1v) is 6.46. The monoisotopic (exact) mass is 257 g/mol. The van der Waals surface area contributed by atoms with Crippen molar-refractivity contribution in [3.63, 3.8) is 0 Å². The minimum atomic E-state index is 0.681. The fourth-order valence-electron chi connectivity index (χ4n) is 2.81. The Bertz CT molecular complexity index is 973.